The highest BCUT2D eigenvalue weighted by molar-refractivity contribution is 6.74. The summed E-state index contributed by atoms with van der Waals surface area (Å²) < 4.78 is 23.2. The van der Waals surface area contributed by atoms with Crippen molar-refractivity contribution >= 4 is 20.2 Å². The molecular formula is C33H51NO7Si. The van der Waals surface area contributed by atoms with E-state index in [0.29, 0.717) is 11.5 Å². The van der Waals surface area contributed by atoms with Crippen molar-refractivity contribution in [3.63, 3.8) is 0 Å². The molecule has 0 fully saturated rings. The second kappa shape index (κ2) is 16.1. The van der Waals surface area contributed by atoms with Crippen LogP contribution in [0.5, 0.6) is 11.5 Å². The Morgan fingerprint density at radius 1 is 0.976 bits per heavy atom. The smallest absolute Gasteiger partial charge is 0.308 e. The average molecular weight is 602 g/mol. The van der Waals surface area contributed by atoms with Gasteiger partial charge in [-0.05, 0) is 73.5 Å². The zero-order valence-corrected chi connectivity index (χ0v) is 27.9. The first kappa shape index (κ1) is 35.3. The lowest BCUT2D eigenvalue weighted by Crippen LogP contribution is -2.43. The van der Waals surface area contributed by atoms with Gasteiger partial charge in [0, 0.05) is 18.5 Å². The van der Waals surface area contributed by atoms with Gasteiger partial charge in [-0.3, -0.25) is 9.59 Å². The molecule has 2 aromatic carbocycles. The van der Waals surface area contributed by atoms with E-state index in [2.05, 4.69) is 56.1 Å². The van der Waals surface area contributed by atoms with Gasteiger partial charge in [0.2, 0.25) is 5.91 Å². The van der Waals surface area contributed by atoms with Gasteiger partial charge in [0.1, 0.15) is 11.5 Å². The molecule has 234 valence electrons. The summed E-state index contributed by atoms with van der Waals surface area (Å²) in [6.45, 7) is 12.9. The molecule has 2 rings (SSSR count). The molecule has 0 aromatic heterocycles. The fourth-order valence-electron chi connectivity index (χ4n) is 4.66. The van der Waals surface area contributed by atoms with Crippen molar-refractivity contribution in [1.82, 2.24) is 5.32 Å². The molecule has 2 unspecified atom stereocenters. The van der Waals surface area contributed by atoms with Gasteiger partial charge in [0.05, 0.1) is 40.0 Å². The van der Waals surface area contributed by atoms with Crippen molar-refractivity contribution in [3.8, 4) is 11.5 Å². The molecule has 0 aliphatic rings. The van der Waals surface area contributed by atoms with Crippen LogP contribution >= 0.6 is 0 Å². The van der Waals surface area contributed by atoms with E-state index in [0.717, 1.165) is 30.4 Å². The van der Waals surface area contributed by atoms with E-state index >= 15 is 0 Å². The minimum absolute atomic E-state index is 0.0371. The third-order valence-corrected chi connectivity index (χ3v) is 12.7. The maximum absolute atomic E-state index is 13.3. The van der Waals surface area contributed by atoms with Crippen LogP contribution in [-0.4, -0.2) is 59.3 Å². The number of carbonyl (C=O) groups is 2. The van der Waals surface area contributed by atoms with Crippen molar-refractivity contribution in [2.45, 2.75) is 90.1 Å². The van der Waals surface area contributed by atoms with Crippen molar-refractivity contribution in [2.75, 3.05) is 27.9 Å². The molecule has 0 aliphatic heterocycles. The largest absolute Gasteiger partial charge is 0.496 e. The summed E-state index contributed by atoms with van der Waals surface area (Å²) in [6.07, 6.45) is 1.08. The highest BCUT2D eigenvalue weighted by Crippen LogP contribution is 2.45. The quantitative estimate of drug-likeness (QED) is 0.176. The number of aliphatic hydroxyl groups is 1. The van der Waals surface area contributed by atoms with Gasteiger partial charge >= 0.3 is 5.97 Å². The van der Waals surface area contributed by atoms with Gasteiger partial charge in [-0.15, -0.1) is 0 Å². The first-order chi connectivity index (χ1) is 19.7. The highest BCUT2D eigenvalue weighted by atomic mass is 28.4. The summed E-state index contributed by atoms with van der Waals surface area (Å²) in [7, 11) is 2.25. The summed E-state index contributed by atoms with van der Waals surface area (Å²) in [4.78, 5) is 24.9. The van der Waals surface area contributed by atoms with Crippen LogP contribution in [-0.2, 0) is 25.2 Å². The number of aryl methyl sites for hydroxylation is 1. The van der Waals surface area contributed by atoms with Gasteiger partial charge in [-0.1, -0.05) is 51.1 Å². The molecular weight excluding hydrogens is 550 g/mol. The molecule has 0 radical (unpaired) electrons. The Labute approximate surface area is 253 Å². The number of benzene rings is 2. The molecule has 0 spiro atoms. The van der Waals surface area contributed by atoms with Crippen LogP contribution in [0.15, 0.2) is 42.5 Å². The van der Waals surface area contributed by atoms with E-state index in [4.69, 9.17) is 13.9 Å². The topological polar surface area (TPSA) is 103 Å². The van der Waals surface area contributed by atoms with Crippen LogP contribution < -0.4 is 14.8 Å². The molecule has 0 saturated heterocycles. The van der Waals surface area contributed by atoms with Crippen LogP contribution in [0.3, 0.4) is 0 Å². The summed E-state index contributed by atoms with van der Waals surface area (Å²) >= 11 is 0. The van der Waals surface area contributed by atoms with Crippen LogP contribution in [0.25, 0.3) is 0 Å². The Balaban J connectivity index is 2.46. The monoisotopic (exact) mass is 601 g/mol. The van der Waals surface area contributed by atoms with Crippen LogP contribution in [0.1, 0.15) is 69.2 Å². The van der Waals surface area contributed by atoms with E-state index in [1.807, 2.05) is 37.3 Å². The van der Waals surface area contributed by atoms with Crippen LogP contribution in [0.4, 0.5) is 0 Å². The number of esters is 1. The number of carbonyl (C=O) groups excluding carboxylic acids is 2. The number of nitrogens with one attached hydrogen (secondary N) is 1. The predicted molar refractivity (Wildman–Crippen MR) is 168 cm³/mol. The van der Waals surface area contributed by atoms with Gasteiger partial charge < -0.3 is 29.1 Å². The SMILES string of the molecule is COC(=O)CC(O)CNC(=O)C[C@H](CCCc1ccccc1)C(O[Si](C)(C)C(C)(C)C)c1cc(OC)c(C)c(OC)c1. The van der Waals surface area contributed by atoms with Crippen molar-refractivity contribution in [2.24, 2.45) is 5.92 Å². The number of rotatable bonds is 16. The summed E-state index contributed by atoms with van der Waals surface area (Å²) in [5.41, 5.74) is 3.04. The molecule has 2 N–H and O–H groups in total. The second-order valence-corrected chi connectivity index (χ2v) is 17.2. The Bertz CT molecular complexity index is 1120. The van der Waals surface area contributed by atoms with Crippen molar-refractivity contribution in [3.05, 3.63) is 59.2 Å². The highest BCUT2D eigenvalue weighted by Gasteiger charge is 2.42. The van der Waals surface area contributed by atoms with E-state index in [9.17, 15) is 14.7 Å². The summed E-state index contributed by atoms with van der Waals surface area (Å²) in [6, 6.07) is 14.3. The average Bonchev–Trinajstić information content (AvgIpc) is 2.94. The fourth-order valence-corrected chi connectivity index (χ4v) is 5.98. The van der Waals surface area contributed by atoms with Crippen molar-refractivity contribution < 1.29 is 33.3 Å². The minimum atomic E-state index is -2.30. The number of hydrogen-bond donors (Lipinski definition) is 2. The molecule has 2 aromatic rings. The molecule has 42 heavy (non-hydrogen) atoms. The van der Waals surface area contributed by atoms with Gasteiger partial charge in [-0.25, -0.2) is 0 Å². The fraction of sp³-hybridized carbons (Fsp3) is 0.576. The standard InChI is InChI=1S/C33H51NO7Si/c1-23-28(38-5)18-26(19-29(23)39-6)32(41-42(8,9)33(2,3)4)25(17-13-16-24-14-11-10-12-15-24)20-30(36)34-22-27(35)21-31(37)40-7/h10-12,14-15,18-19,25,27,32,35H,13,16-17,20-22H2,1-9H3,(H,34,36)/t25-,27?,32?/m0/s1. The summed E-state index contributed by atoms with van der Waals surface area (Å²) in [5.74, 6) is 0.495. The predicted octanol–water partition coefficient (Wildman–Crippen LogP) is 6.14. The van der Waals surface area contributed by atoms with E-state index < -0.39 is 26.5 Å². The molecule has 8 nitrogen and oxygen atoms in total. The maximum Gasteiger partial charge on any atom is 0.308 e. The number of amides is 1. The Hall–Kier alpha value is -2.88. The normalized spacial score (nSPS) is 14.0. The number of ether oxygens (including phenoxy) is 3. The lowest BCUT2D eigenvalue weighted by molar-refractivity contribution is -0.143. The molecule has 0 aliphatic carbocycles. The molecule has 3 atom stereocenters. The molecule has 0 saturated carbocycles. The Kier molecular flexibility index (Phi) is 13.5. The van der Waals surface area contributed by atoms with E-state index in [-0.39, 0.29) is 36.2 Å². The molecule has 9 heteroatoms. The maximum atomic E-state index is 13.3. The Morgan fingerprint density at radius 2 is 1.57 bits per heavy atom. The number of methoxy groups -OCH3 is 3. The van der Waals surface area contributed by atoms with Crippen LogP contribution in [0.2, 0.25) is 18.1 Å². The number of aliphatic hydroxyl groups excluding tert-OH is 1. The lowest BCUT2D eigenvalue weighted by Gasteiger charge is -2.42. The van der Waals surface area contributed by atoms with Gasteiger partial charge in [-0.2, -0.15) is 0 Å². The summed E-state index contributed by atoms with van der Waals surface area (Å²) in [5, 5.41) is 13.0. The zero-order chi connectivity index (χ0) is 31.5. The molecule has 1 amide bonds. The molecule has 0 bridgehead atoms. The first-order valence-corrected chi connectivity index (χ1v) is 17.6. The van der Waals surface area contributed by atoms with Gasteiger partial charge in [0.15, 0.2) is 8.32 Å². The second-order valence-electron chi connectivity index (χ2n) is 12.4. The third kappa shape index (κ3) is 10.4. The van der Waals surface area contributed by atoms with E-state index in [1.165, 1.54) is 12.7 Å². The van der Waals surface area contributed by atoms with Crippen molar-refractivity contribution in [1.29, 1.82) is 0 Å². The third-order valence-electron chi connectivity index (χ3n) is 8.25. The molecule has 0 heterocycles. The zero-order valence-electron chi connectivity index (χ0n) is 26.9. The first-order valence-electron chi connectivity index (χ1n) is 14.7. The van der Waals surface area contributed by atoms with E-state index in [1.54, 1.807) is 14.2 Å². The lowest BCUT2D eigenvalue weighted by atomic mass is 9.87. The van der Waals surface area contributed by atoms with Crippen LogP contribution in [0, 0.1) is 12.8 Å². The van der Waals surface area contributed by atoms with Gasteiger partial charge in [0.25, 0.3) is 0 Å². The minimum Gasteiger partial charge on any atom is -0.496 e. The Morgan fingerprint density at radius 3 is 2.10 bits per heavy atom. The number of hydrogen-bond acceptors (Lipinski definition) is 7.